The van der Waals surface area contributed by atoms with Crippen LogP contribution in [0.2, 0.25) is 0 Å². The van der Waals surface area contributed by atoms with Crippen LogP contribution >= 0.6 is 0 Å². The lowest BCUT2D eigenvalue weighted by molar-refractivity contribution is 0.101. The van der Waals surface area contributed by atoms with Crippen molar-refractivity contribution >= 4 is 22.6 Å². The number of fused-ring (bicyclic) bond motifs is 1. The molecule has 3 heterocycles. The Bertz CT molecular complexity index is 1950. The molecule has 11 nitrogen and oxygen atoms in total. The number of nitrogens with zero attached hydrogens (tertiary/aromatic N) is 2. The summed E-state index contributed by atoms with van der Waals surface area (Å²) in [6.07, 6.45) is 1.48. The number of carbonyl (C=O) groups is 1. The highest BCUT2D eigenvalue weighted by Gasteiger charge is 2.23. The van der Waals surface area contributed by atoms with Gasteiger partial charge in [0.1, 0.15) is 23.5 Å². The number of hydrogen-bond acceptors (Lipinski definition) is 9. The third-order valence-corrected chi connectivity index (χ3v) is 6.87. The van der Waals surface area contributed by atoms with Crippen molar-refractivity contribution in [2.45, 2.75) is 13.5 Å². The second kappa shape index (κ2) is 14.1. The van der Waals surface area contributed by atoms with E-state index in [2.05, 4.69) is 20.3 Å². The molecule has 5 rings (SSSR count). The van der Waals surface area contributed by atoms with Crippen LogP contribution in [0.25, 0.3) is 22.2 Å². The molecule has 0 spiro atoms. The standard InChI is InChI=1S/C33H30F2N4O7/c1-18-28(19-5-7-20(34)8-6-19)31(40)29(24(37-18)17-43-3)32(41)38-21-9-10-25(22(35)15-21)46-26-11-12-36-23-16-27(45-14-13-42-2)33(44-4)39-30(23)26/h5-12,15-16H,13-14,17H2,1-4H3,(H,37,40)(H,38,41). The Morgan fingerprint density at radius 2 is 1.72 bits per heavy atom. The summed E-state index contributed by atoms with van der Waals surface area (Å²) in [6.45, 7) is 2.23. The number of halogens is 2. The number of aryl methyl sites for hydroxylation is 1. The molecule has 13 heteroatoms. The number of anilines is 1. The number of nitrogens with one attached hydrogen (secondary N) is 2. The van der Waals surface area contributed by atoms with Crippen molar-refractivity contribution in [1.29, 1.82) is 0 Å². The number of methoxy groups -OCH3 is 3. The second-order valence-electron chi connectivity index (χ2n) is 9.96. The topological polar surface area (TPSA) is 134 Å². The molecule has 0 bridgehead atoms. The van der Waals surface area contributed by atoms with Gasteiger partial charge in [-0.2, -0.15) is 0 Å². The van der Waals surface area contributed by atoms with E-state index in [1.165, 1.54) is 62.9 Å². The van der Waals surface area contributed by atoms with Crippen LogP contribution in [0, 0.1) is 18.6 Å². The molecule has 0 unspecified atom stereocenters. The Morgan fingerprint density at radius 3 is 2.41 bits per heavy atom. The first-order valence-electron chi connectivity index (χ1n) is 14.0. The second-order valence-corrected chi connectivity index (χ2v) is 9.96. The minimum atomic E-state index is -0.795. The Balaban J connectivity index is 1.42. The molecule has 0 saturated carbocycles. The highest BCUT2D eigenvalue weighted by molar-refractivity contribution is 6.05. The SMILES string of the molecule is COCCOc1cc2nccc(Oc3ccc(NC(=O)c4c(COC)[nH]c(C)c(-c5ccc(F)cc5)c4=O)cc3F)c2nc1OC. The summed E-state index contributed by atoms with van der Waals surface area (Å²) >= 11 is 0. The monoisotopic (exact) mass is 632 g/mol. The van der Waals surface area contributed by atoms with E-state index in [4.69, 9.17) is 23.7 Å². The van der Waals surface area contributed by atoms with Crippen molar-refractivity contribution in [3.63, 3.8) is 0 Å². The van der Waals surface area contributed by atoms with Gasteiger partial charge in [-0.05, 0) is 36.8 Å². The average Bonchev–Trinajstić information content (AvgIpc) is 3.03. The van der Waals surface area contributed by atoms with Gasteiger partial charge in [0.25, 0.3) is 11.8 Å². The predicted octanol–water partition coefficient (Wildman–Crippen LogP) is 5.80. The van der Waals surface area contributed by atoms with Crippen molar-refractivity contribution in [2.24, 2.45) is 0 Å². The molecule has 0 radical (unpaired) electrons. The molecule has 46 heavy (non-hydrogen) atoms. The molecular weight excluding hydrogens is 602 g/mol. The van der Waals surface area contributed by atoms with Crippen molar-refractivity contribution in [1.82, 2.24) is 15.0 Å². The van der Waals surface area contributed by atoms with Crippen LogP contribution < -0.4 is 25.0 Å². The van der Waals surface area contributed by atoms with E-state index in [-0.39, 0.29) is 53.1 Å². The minimum absolute atomic E-state index is 0.0663. The van der Waals surface area contributed by atoms with Crippen LogP contribution in [0.1, 0.15) is 21.7 Å². The number of carbonyl (C=O) groups excluding carboxylic acids is 1. The summed E-state index contributed by atoms with van der Waals surface area (Å²) < 4.78 is 56.0. The zero-order chi connectivity index (χ0) is 32.8. The quantitative estimate of drug-likeness (QED) is 0.164. The maximum absolute atomic E-state index is 15.3. The molecule has 0 saturated heterocycles. The summed E-state index contributed by atoms with van der Waals surface area (Å²) in [5.74, 6) is -1.47. The van der Waals surface area contributed by atoms with E-state index in [0.717, 1.165) is 6.07 Å². The van der Waals surface area contributed by atoms with Crippen LogP contribution in [0.5, 0.6) is 23.1 Å². The third-order valence-electron chi connectivity index (χ3n) is 6.87. The Morgan fingerprint density at radius 1 is 0.935 bits per heavy atom. The first-order chi connectivity index (χ1) is 22.2. The highest BCUT2D eigenvalue weighted by Crippen LogP contribution is 2.35. The van der Waals surface area contributed by atoms with Crippen molar-refractivity contribution < 1.29 is 37.3 Å². The van der Waals surface area contributed by atoms with Gasteiger partial charge in [0.05, 0.1) is 31.5 Å². The lowest BCUT2D eigenvalue weighted by Crippen LogP contribution is -2.27. The minimum Gasteiger partial charge on any atom is -0.485 e. The number of amides is 1. The molecule has 0 aliphatic heterocycles. The normalized spacial score (nSPS) is 11.0. The van der Waals surface area contributed by atoms with Crippen molar-refractivity contribution in [2.75, 3.05) is 39.9 Å². The maximum atomic E-state index is 15.3. The third kappa shape index (κ3) is 6.80. The number of ether oxygens (including phenoxy) is 5. The average molecular weight is 633 g/mol. The lowest BCUT2D eigenvalue weighted by atomic mass is 9.99. The van der Waals surface area contributed by atoms with Crippen LogP contribution in [0.3, 0.4) is 0 Å². The molecular formula is C33H30F2N4O7. The summed E-state index contributed by atoms with van der Waals surface area (Å²) in [5.41, 5.74) is 1.31. The van der Waals surface area contributed by atoms with E-state index in [1.807, 2.05) is 0 Å². The molecule has 0 fully saturated rings. The van der Waals surface area contributed by atoms with E-state index in [1.54, 1.807) is 20.1 Å². The fourth-order valence-corrected chi connectivity index (χ4v) is 4.79. The molecule has 3 aromatic heterocycles. The zero-order valence-corrected chi connectivity index (χ0v) is 25.4. The van der Waals surface area contributed by atoms with E-state index < -0.39 is 23.0 Å². The van der Waals surface area contributed by atoms with Gasteiger partial charge in [0.15, 0.2) is 23.1 Å². The smallest absolute Gasteiger partial charge is 0.261 e. The van der Waals surface area contributed by atoms with E-state index >= 15 is 4.39 Å². The molecule has 5 aromatic rings. The first-order valence-corrected chi connectivity index (χ1v) is 14.0. The van der Waals surface area contributed by atoms with Gasteiger partial charge in [-0.25, -0.2) is 13.8 Å². The van der Waals surface area contributed by atoms with E-state index in [0.29, 0.717) is 34.6 Å². The van der Waals surface area contributed by atoms with Gasteiger partial charge in [-0.15, -0.1) is 0 Å². The zero-order valence-electron chi connectivity index (χ0n) is 25.4. The molecule has 0 aliphatic rings. The summed E-state index contributed by atoms with van der Waals surface area (Å²) in [4.78, 5) is 38.8. The number of benzene rings is 2. The van der Waals surface area contributed by atoms with E-state index in [9.17, 15) is 14.0 Å². The molecule has 0 atom stereocenters. The van der Waals surface area contributed by atoms with Gasteiger partial charge in [-0.3, -0.25) is 14.6 Å². The predicted molar refractivity (Wildman–Crippen MR) is 166 cm³/mol. The largest absolute Gasteiger partial charge is 0.485 e. The van der Waals surface area contributed by atoms with Crippen LogP contribution in [-0.4, -0.2) is 55.4 Å². The van der Waals surface area contributed by atoms with Crippen molar-refractivity contribution in [3.05, 3.63) is 99.6 Å². The Kier molecular flexibility index (Phi) is 9.84. The van der Waals surface area contributed by atoms with Gasteiger partial charge < -0.3 is 34.0 Å². The number of aromatic amines is 1. The van der Waals surface area contributed by atoms with Gasteiger partial charge in [-0.1, -0.05) is 12.1 Å². The lowest BCUT2D eigenvalue weighted by Gasteiger charge is -2.15. The number of pyridine rings is 3. The molecule has 1 amide bonds. The fourth-order valence-electron chi connectivity index (χ4n) is 4.79. The number of aromatic nitrogens is 3. The number of rotatable bonds is 12. The molecule has 238 valence electrons. The molecule has 0 aliphatic carbocycles. The highest BCUT2D eigenvalue weighted by atomic mass is 19.1. The first kappa shape index (κ1) is 32.0. The van der Waals surface area contributed by atoms with Gasteiger partial charge >= 0.3 is 0 Å². The summed E-state index contributed by atoms with van der Waals surface area (Å²) in [7, 11) is 4.41. The fraction of sp³-hybridized carbons (Fsp3) is 0.212. The van der Waals surface area contributed by atoms with Gasteiger partial charge in [0, 0.05) is 55.6 Å². The van der Waals surface area contributed by atoms with Crippen LogP contribution in [0.15, 0.2) is 65.6 Å². The number of hydrogen-bond donors (Lipinski definition) is 2. The number of H-pyrrole nitrogens is 1. The maximum Gasteiger partial charge on any atom is 0.261 e. The van der Waals surface area contributed by atoms with Gasteiger partial charge in [0.2, 0.25) is 5.43 Å². The molecule has 2 N–H and O–H groups in total. The van der Waals surface area contributed by atoms with Crippen LogP contribution in [0.4, 0.5) is 14.5 Å². The van der Waals surface area contributed by atoms with Crippen molar-refractivity contribution in [3.8, 4) is 34.3 Å². The van der Waals surface area contributed by atoms with Crippen LogP contribution in [-0.2, 0) is 16.1 Å². The molecule has 2 aromatic carbocycles. The summed E-state index contributed by atoms with van der Waals surface area (Å²) in [5, 5.41) is 2.58. The Labute approximate surface area is 262 Å². The summed E-state index contributed by atoms with van der Waals surface area (Å²) in [6, 6.07) is 12.3. The Hall–Kier alpha value is -5.40.